The van der Waals surface area contributed by atoms with Crippen LogP contribution in [-0.4, -0.2) is 54.9 Å². The van der Waals surface area contributed by atoms with Crippen molar-refractivity contribution in [1.29, 1.82) is 0 Å². The Bertz CT molecular complexity index is 496. The van der Waals surface area contributed by atoms with Crippen molar-refractivity contribution in [2.45, 2.75) is 19.4 Å². The van der Waals surface area contributed by atoms with Gasteiger partial charge in [-0.25, -0.2) is 0 Å². The Hall–Kier alpha value is -1.93. The monoisotopic (exact) mass is 309 g/mol. The van der Waals surface area contributed by atoms with Gasteiger partial charge < -0.3 is 20.7 Å². The molecular weight excluding hydrogens is 286 g/mol. The topological polar surface area (TPSA) is 97.3 Å². The summed E-state index contributed by atoms with van der Waals surface area (Å²) in [4.78, 5) is 23.7. The molecule has 0 aromatic carbocycles. The molecule has 0 bridgehead atoms. The van der Waals surface area contributed by atoms with Gasteiger partial charge in [-0.1, -0.05) is 0 Å². The van der Waals surface area contributed by atoms with E-state index in [2.05, 4.69) is 21.0 Å². The Morgan fingerprint density at radius 2 is 2.41 bits per heavy atom. The third kappa shape index (κ3) is 5.12. The number of ether oxygens (including phenoxy) is 1. The van der Waals surface area contributed by atoms with Gasteiger partial charge in [0.2, 0.25) is 11.8 Å². The molecule has 8 heteroatoms. The van der Waals surface area contributed by atoms with Crippen molar-refractivity contribution in [2.24, 2.45) is 5.92 Å². The number of nitrogens with one attached hydrogen (secondary N) is 3. The second kappa shape index (κ2) is 8.50. The molecule has 2 amide bonds. The minimum Gasteiger partial charge on any atom is -0.383 e. The predicted octanol–water partition coefficient (Wildman–Crippen LogP) is -0.416. The zero-order valence-electron chi connectivity index (χ0n) is 12.8. The molecule has 3 N–H and O–H groups in total. The molecule has 1 aromatic rings. The summed E-state index contributed by atoms with van der Waals surface area (Å²) in [5.74, 6) is -0.153. The van der Waals surface area contributed by atoms with Crippen LogP contribution in [0.15, 0.2) is 12.4 Å². The van der Waals surface area contributed by atoms with Gasteiger partial charge in [-0.05, 0) is 19.4 Å². The highest BCUT2D eigenvalue weighted by atomic mass is 16.5. The summed E-state index contributed by atoms with van der Waals surface area (Å²) >= 11 is 0. The number of piperidine rings is 1. The molecule has 1 unspecified atom stereocenters. The molecule has 1 fully saturated rings. The lowest BCUT2D eigenvalue weighted by Gasteiger charge is -2.21. The second-order valence-corrected chi connectivity index (χ2v) is 5.30. The molecule has 1 atom stereocenters. The average molecular weight is 309 g/mol. The lowest BCUT2D eigenvalue weighted by molar-refractivity contribution is -0.122. The Morgan fingerprint density at radius 3 is 3.14 bits per heavy atom. The summed E-state index contributed by atoms with van der Waals surface area (Å²) in [7, 11) is 1.58. The number of methoxy groups -OCH3 is 1. The molecule has 1 aliphatic heterocycles. The maximum atomic E-state index is 12.1. The lowest BCUT2D eigenvalue weighted by Crippen LogP contribution is -2.37. The van der Waals surface area contributed by atoms with Crippen LogP contribution in [0.1, 0.15) is 12.8 Å². The Labute approximate surface area is 129 Å². The van der Waals surface area contributed by atoms with E-state index in [4.69, 9.17) is 4.74 Å². The quantitative estimate of drug-likeness (QED) is 0.595. The maximum Gasteiger partial charge on any atom is 0.241 e. The summed E-state index contributed by atoms with van der Waals surface area (Å²) in [6, 6.07) is 0. The third-order valence-corrected chi connectivity index (χ3v) is 3.50. The molecule has 0 spiro atoms. The van der Waals surface area contributed by atoms with E-state index in [1.165, 1.54) is 4.68 Å². The van der Waals surface area contributed by atoms with Crippen LogP contribution in [0, 0.1) is 5.92 Å². The zero-order chi connectivity index (χ0) is 15.8. The summed E-state index contributed by atoms with van der Waals surface area (Å²) in [6.07, 6.45) is 5.12. The van der Waals surface area contributed by atoms with Crippen LogP contribution < -0.4 is 16.0 Å². The van der Waals surface area contributed by atoms with Gasteiger partial charge in [0.05, 0.1) is 24.4 Å². The number of hydrogen-bond donors (Lipinski definition) is 3. The van der Waals surface area contributed by atoms with Crippen LogP contribution in [0.4, 0.5) is 5.69 Å². The summed E-state index contributed by atoms with van der Waals surface area (Å²) < 4.78 is 6.36. The standard InChI is InChI=1S/C14H23N5O3/c1-22-6-5-16-13(20)10-19-9-12(8-17-19)18-14(21)11-3-2-4-15-7-11/h8-9,11,15H,2-7,10H2,1H3,(H,16,20)(H,18,21). The number of hydrogen-bond acceptors (Lipinski definition) is 5. The van der Waals surface area contributed by atoms with Crippen LogP contribution in [-0.2, 0) is 20.9 Å². The Kier molecular flexibility index (Phi) is 6.35. The fourth-order valence-corrected chi connectivity index (χ4v) is 2.33. The van der Waals surface area contributed by atoms with E-state index in [1.54, 1.807) is 19.5 Å². The molecule has 8 nitrogen and oxygen atoms in total. The van der Waals surface area contributed by atoms with E-state index >= 15 is 0 Å². The fourth-order valence-electron chi connectivity index (χ4n) is 2.33. The van der Waals surface area contributed by atoms with Gasteiger partial charge in [0.15, 0.2) is 0 Å². The summed E-state index contributed by atoms with van der Waals surface area (Å²) in [6.45, 7) is 2.74. The van der Waals surface area contributed by atoms with Crippen molar-refractivity contribution in [3.05, 3.63) is 12.4 Å². The maximum absolute atomic E-state index is 12.1. The lowest BCUT2D eigenvalue weighted by atomic mass is 9.99. The molecule has 1 aliphatic rings. The van der Waals surface area contributed by atoms with Gasteiger partial charge in [0, 0.05) is 26.4 Å². The predicted molar refractivity (Wildman–Crippen MR) is 81.3 cm³/mol. The first-order valence-electron chi connectivity index (χ1n) is 7.48. The highest BCUT2D eigenvalue weighted by Gasteiger charge is 2.21. The number of carbonyl (C=O) groups excluding carboxylic acids is 2. The van der Waals surface area contributed by atoms with E-state index in [0.29, 0.717) is 25.4 Å². The first-order chi connectivity index (χ1) is 10.7. The zero-order valence-corrected chi connectivity index (χ0v) is 12.8. The SMILES string of the molecule is COCCNC(=O)Cn1cc(NC(=O)C2CCCNC2)cn1. The van der Waals surface area contributed by atoms with Crippen LogP contribution in [0.25, 0.3) is 0 Å². The van der Waals surface area contributed by atoms with E-state index in [9.17, 15) is 9.59 Å². The molecule has 122 valence electrons. The van der Waals surface area contributed by atoms with Crippen molar-refractivity contribution in [2.75, 3.05) is 38.7 Å². The second-order valence-electron chi connectivity index (χ2n) is 5.30. The van der Waals surface area contributed by atoms with Crippen molar-refractivity contribution >= 4 is 17.5 Å². The van der Waals surface area contributed by atoms with Gasteiger partial charge in [-0.15, -0.1) is 0 Å². The van der Waals surface area contributed by atoms with Gasteiger partial charge in [-0.2, -0.15) is 5.10 Å². The van der Waals surface area contributed by atoms with Crippen LogP contribution in [0.3, 0.4) is 0 Å². The molecule has 22 heavy (non-hydrogen) atoms. The first kappa shape index (κ1) is 16.4. The largest absolute Gasteiger partial charge is 0.383 e. The van der Waals surface area contributed by atoms with Gasteiger partial charge in [0.25, 0.3) is 0 Å². The molecular formula is C14H23N5O3. The fraction of sp³-hybridized carbons (Fsp3) is 0.643. The van der Waals surface area contributed by atoms with Crippen molar-refractivity contribution < 1.29 is 14.3 Å². The third-order valence-electron chi connectivity index (χ3n) is 3.50. The molecule has 2 rings (SSSR count). The van der Waals surface area contributed by atoms with Crippen LogP contribution in [0.2, 0.25) is 0 Å². The van der Waals surface area contributed by atoms with Crippen molar-refractivity contribution in [3.63, 3.8) is 0 Å². The molecule has 2 heterocycles. The van der Waals surface area contributed by atoms with E-state index in [1.807, 2.05) is 0 Å². The number of rotatable bonds is 7. The smallest absolute Gasteiger partial charge is 0.241 e. The highest BCUT2D eigenvalue weighted by molar-refractivity contribution is 5.92. The van der Waals surface area contributed by atoms with Gasteiger partial charge >= 0.3 is 0 Å². The van der Waals surface area contributed by atoms with Crippen LogP contribution >= 0.6 is 0 Å². The summed E-state index contributed by atoms with van der Waals surface area (Å²) in [5, 5.41) is 12.8. The molecule has 0 saturated carbocycles. The molecule has 0 radical (unpaired) electrons. The Balaban J connectivity index is 1.78. The number of anilines is 1. The Morgan fingerprint density at radius 1 is 1.55 bits per heavy atom. The van der Waals surface area contributed by atoms with Crippen LogP contribution in [0.5, 0.6) is 0 Å². The number of carbonyl (C=O) groups is 2. The van der Waals surface area contributed by atoms with Gasteiger partial charge in [-0.3, -0.25) is 14.3 Å². The minimum atomic E-state index is -0.144. The minimum absolute atomic E-state index is 0.00343. The molecule has 1 saturated heterocycles. The van der Waals surface area contributed by atoms with E-state index < -0.39 is 0 Å². The van der Waals surface area contributed by atoms with Gasteiger partial charge in [0.1, 0.15) is 6.54 Å². The van der Waals surface area contributed by atoms with Crippen molar-refractivity contribution in [1.82, 2.24) is 20.4 Å². The summed E-state index contributed by atoms with van der Waals surface area (Å²) in [5.41, 5.74) is 0.611. The number of nitrogens with zero attached hydrogens (tertiary/aromatic N) is 2. The molecule has 1 aromatic heterocycles. The van der Waals surface area contributed by atoms with Crippen molar-refractivity contribution in [3.8, 4) is 0 Å². The first-order valence-corrected chi connectivity index (χ1v) is 7.48. The highest BCUT2D eigenvalue weighted by Crippen LogP contribution is 2.13. The number of amides is 2. The normalized spacial score (nSPS) is 18.0. The number of aromatic nitrogens is 2. The van der Waals surface area contributed by atoms with E-state index in [-0.39, 0.29) is 24.3 Å². The molecule has 0 aliphatic carbocycles. The average Bonchev–Trinajstić information content (AvgIpc) is 2.95. The van der Waals surface area contributed by atoms with E-state index in [0.717, 1.165) is 19.4 Å².